The molecule has 0 radical (unpaired) electrons. The molecule has 0 aliphatic rings. The molecular weight excluding hydrogens is 148 g/mol. The van der Waals surface area contributed by atoms with Gasteiger partial charge >= 0.3 is 0 Å². The fourth-order valence-corrected chi connectivity index (χ4v) is 0.554. The standard InChI is InChI=1S/C10H14N2/c1-5-7-10(6-2)12-8-9(3)11-4/h5-6,8H,1-2,4,7H2,3H3/b9-8-,12-10?. The summed E-state index contributed by atoms with van der Waals surface area (Å²) in [7, 11) is 0. The van der Waals surface area contributed by atoms with Crippen molar-refractivity contribution in [3.63, 3.8) is 0 Å². The number of nitrogens with zero attached hydrogens (tertiary/aromatic N) is 2. The zero-order valence-electron chi connectivity index (χ0n) is 7.45. The lowest BCUT2D eigenvalue weighted by atomic mass is 10.2. The van der Waals surface area contributed by atoms with Gasteiger partial charge in [-0.05, 0) is 19.7 Å². The first-order valence-electron chi connectivity index (χ1n) is 3.68. The van der Waals surface area contributed by atoms with E-state index in [1.54, 1.807) is 18.4 Å². The fraction of sp³-hybridized carbons (Fsp3) is 0.200. The summed E-state index contributed by atoms with van der Waals surface area (Å²) in [4.78, 5) is 7.83. The molecule has 0 aliphatic carbocycles. The average molecular weight is 162 g/mol. The van der Waals surface area contributed by atoms with E-state index in [1.165, 1.54) is 0 Å². The molecule has 0 fully saturated rings. The predicted octanol–water partition coefficient (Wildman–Crippen LogP) is 2.75. The van der Waals surface area contributed by atoms with Crippen LogP contribution in [0.15, 0.2) is 47.2 Å². The highest BCUT2D eigenvalue weighted by Crippen LogP contribution is 1.96. The Labute approximate surface area is 73.7 Å². The minimum Gasteiger partial charge on any atom is -0.268 e. The van der Waals surface area contributed by atoms with Crippen molar-refractivity contribution in [3.05, 3.63) is 37.2 Å². The summed E-state index contributed by atoms with van der Waals surface area (Å²) in [6.07, 6.45) is 5.87. The van der Waals surface area contributed by atoms with Crippen molar-refractivity contribution in [3.8, 4) is 0 Å². The molecule has 0 amide bonds. The minimum atomic E-state index is 0.727. The minimum absolute atomic E-state index is 0.727. The van der Waals surface area contributed by atoms with Crippen LogP contribution in [0.25, 0.3) is 0 Å². The molecule has 0 saturated carbocycles. The molecule has 0 spiro atoms. The highest BCUT2D eigenvalue weighted by molar-refractivity contribution is 5.95. The van der Waals surface area contributed by atoms with Crippen LogP contribution in [0.5, 0.6) is 0 Å². The van der Waals surface area contributed by atoms with E-state index in [2.05, 4.69) is 29.9 Å². The van der Waals surface area contributed by atoms with Gasteiger partial charge in [-0.25, -0.2) is 0 Å². The quantitative estimate of drug-likeness (QED) is 0.438. The van der Waals surface area contributed by atoms with Crippen molar-refractivity contribution in [2.75, 3.05) is 0 Å². The molecule has 2 heteroatoms. The van der Waals surface area contributed by atoms with E-state index in [4.69, 9.17) is 0 Å². The van der Waals surface area contributed by atoms with E-state index < -0.39 is 0 Å². The van der Waals surface area contributed by atoms with Gasteiger partial charge in [-0.15, -0.1) is 6.58 Å². The van der Waals surface area contributed by atoms with Crippen LogP contribution in [0.2, 0.25) is 0 Å². The Morgan fingerprint density at radius 3 is 2.50 bits per heavy atom. The SMILES string of the molecule is C=CCC(C=C)=N/C=C(/C)N=C. The number of hydrogen-bond donors (Lipinski definition) is 0. The summed E-state index contributed by atoms with van der Waals surface area (Å²) in [6.45, 7) is 12.5. The predicted molar refractivity (Wildman–Crippen MR) is 55.8 cm³/mol. The summed E-state index contributed by atoms with van der Waals surface area (Å²) < 4.78 is 0. The summed E-state index contributed by atoms with van der Waals surface area (Å²) in [6, 6.07) is 0. The van der Waals surface area contributed by atoms with Gasteiger partial charge in [-0.3, -0.25) is 9.98 Å². The molecule has 2 nitrogen and oxygen atoms in total. The van der Waals surface area contributed by atoms with Gasteiger partial charge in [0.25, 0.3) is 0 Å². The van der Waals surface area contributed by atoms with Gasteiger partial charge in [0.05, 0.1) is 5.70 Å². The number of allylic oxidation sites excluding steroid dienone is 3. The largest absolute Gasteiger partial charge is 0.268 e. The van der Waals surface area contributed by atoms with Crippen molar-refractivity contribution in [2.45, 2.75) is 13.3 Å². The third kappa shape index (κ3) is 4.39. The molecule has 64 valence electrons. The summed E-state index contributed by atoms with van der Waals surface area (Å²) in [5, 5.41) is 0. The Balaban J connectivity index is 4.37. The Morgan fingerprint density at radius 2 is 2.08 bits per heavy atom. The van der Waals surface area contributed by atoms with E-state index in [9.17, 15) is 0 Å². The Hall–Kier alpha value is -1.44. The third-order valence-corrected chi connectivity index (χ3v) is 1.26. The first kappa shape index (κ1) is 10.6. The van der Waals surface area contributed by atoms with Crippen molar-refractivity contribution in [2.24, 2.45) is 9.98 Å². The zero-order chi connectivity index (χ0) is 9.40. The van der Waals surface area contributed by atoms with Gasteiger partial charge in [0, 0.05) is 18.3 Å². The smallest absolute Gasteiger partial charge is 0.0547 e. The van der Waals surface area contributed by atoms with Gasteiger partial charge in [0.1, 0.15) is 0 Å². The van der Waals surface area contributed by atoms with Gasteiger partial charge in [-0.1, -0.05) is 12.7 Å². The highest BCUT2D eigenvalue weighted by atomic mass is 14.8. The highest BCUT2D eigenvalue weighted by Gasteiger charge is 1.86. The molecule has 0 N–H and O–H groups in total. The van der Waals surface area contributed by atoms with Crippen molar-refractivity contribution in [1.29, 1.82) is 0 Å². The molecule has 0 aromatic carbocycles. The monoisotopic (exact) mass is 162 g/mol. The maximum atomic E-state index is 4.13. The van der Waals surface area contributed by atoms with Crippen LogP contribution < -0.4 is 0 Å². The summed E-state index contributed by atoms with van der Waals surface area (Å²) in [5.41, 5.74) is 1.67. The Morgan fingerprint density at radius 1 is 1.42 bits per heavy atom. The fourth-order valence-electron chi connectivity index (χ4n) is 0.554. The number of aliphatic imine (C=N–C) groups is 2. The van der Waals surface area contributed by atoms with E-state index in [1.807, 2.05) is 6.92 Å². The normalized spacial score (nSPS) is 12.4. The second-order valence-corrected chi connectivity index (χ2v) is 2.25. The van der Waals surface area contributed by atoms with Gasteiger partial charge in [0.15, 0.2) is 0 Å². The molecule has 0 bridgehead atoms. The number of hydrogen-bond acceptors (Lipinski definition) is 2. The molecule has 0 atom stereocenters. The second kappa shape index (κ2) is 6.28. The molecule has 0 saturated heterocycles. The van der Waals surface area contributed by atoms with Crippen molar-refractivity contribution >= 4 is 12.4 Å². The van der Waals surface area contributed by atoms with E-state index in [0.29, 0.717) is 0 Å². The molecule has 0 aliphatic heterocycles. The van der Waals surface area contributed by atoms with Crippen LogP contribution in [-0.2, 0) is 0 Å². The first-order valence-corrected chi connectivity index (χ1v) is 3.68. The van der Waals surface area contributed by atoms with Gasteiger partial charge in [-0.2, -0.15) is 0 Å². The first-order chi connectivity index (χ1) is 5.74. The summed E-state index contributed by atoms with van der Waals surface area (Å²) >= 11 is 0. The van der Waals surface area contributed by atoms with Crippen LogP contribution in [0, 0.1) is 0 Å². The van der Waals surface area contributed by atoms with Crippen LogP contribution in [-0.4, -0.2) is 12.4 Å². The maximum absolute atomic E-state index is 4.13. The zero-order valence-corrected chi connectivity index (χ0v) is 7.45. The van der Waals surface area contributed by atoms with E-state index >= 15 is 0 Å². The lowest BCUT2D eigenvalue weighted by molar-refractivity contribution is 1.27. The molecule has 0 aromatic rings. The van der Waals surface area contributed by atoms with Gasteiger partial charge in [0.2, 0.25) is 0 Å². The molecule has 0 aromatic heterocycles. The topological polar surface area (TPSA) is 24.7 Å². The number of rotatable bonds is 5. The maximum Gasteiger partial charge on any atom is 0.0547 e. The third-order valence-electron chi connectivity index (χ3n) is 1.26. The Bertz CT molecular complexity index is 234. The lowest BCUT2D eigenvalue weighted by Crippen LogP contribution is -1.88. The molecule has 0 unspecified atom stereocenters. The second-order valence-electron chi connectivity index (χ2n) is 2.25. The Kier molecular flexibility index (Phi) is 5.53. The van der Waals surface area contributed by atoms with Crippen LogP contribution in [0.3, 0.4) is 0 Å². The van der Waals surface area contributed by atoms with Gasteiger partial charge < -0.3 is 0 Å². The van der Waals surface area contributed by atoms with E-state index in [0.717, 1.165) is 17.8 Å². The van der Waals surface area contributed by atoms with Crippen molar-refractivity contribution < 1.29 is 0 Å². The molecule has 0 rings (SSSR count). The summed E-state index contributed by atoms with van der Waals surface area (Å²) in [5.74, 6) is 0. The van der Waals surface area contributed by atoms with Crippen molar-refractivity contribution in [1.82, 2.24) is 0 Å². The van der Waals surface area contributed by atoms with Crippen LogP contribution >= 0.6 is 0 Å². The van der Waals surface area contributed by atoms with Crippen LogP contribution in [0.1, 0.15) is 13.3 Å². The molecule has 0 heterocycles. The molecular formula is C10H14N2. The van der Waals surface area contributed by atoms with E-state index in [-0.39, 0.29) is 0 Å². The van der Waals surface area contributed by atoms with Crippen LogP contribution in [0.4, 0.5) is 0 Å². The lowest BCUT2D eigenvalue weighted by Gasteiger charge is -1.92. The molecule has 12 heavy (non-hydrogen) atoms. The average Bonchev–Trinajstić information content (AvgIpc) is 2.11.